The maximum atomic E-state index is 6.02. The van der Waals surface area contributed by atoms with Crippen molar-refractivity contribution in [1.82, 2.24) is 0 Å². The van der Waals surface area contributed by atoms with E-state index in [1.807, 2.05) is 25.1 Å². The van der Waals surface area contributed by atoms with Gasteiger partial charge in [0.1, 0.15) is 0 Å². The molecule has 1 atom stereocenters. The van der Waals surface area contributed by atoms with Gasteiger partial charge < -0.3 is 5.73 Å². The molecule has 2 N–H and O–H groups in total. The fraction of sp³-hybridized carbons (Fsp3) is 0.273. The first-order valence-electron chi connectivity index (χ1n) is 4.06. The monoisotopic (exact) mass is 161 g/mol. The molecule has 1 aromatic rings. The number of aryl methyl sites for hydroxylation is 1. The Balaban J connectivity index is 3.19. The SMILES string of the molecule is C=C[C@@](C)(N)c1ccccc1C. The van der Waals surface area contributed by atoms with E-state index in [2.05, 4.69) is 19.6 Å². The predicted octanol–water partition coefficient (Wildman–Crippen LogP) is 2.35. The van der Waals surface area contributed by atoms with Crippen molar-refractivity contribution in [3.05, 3.63) is 48.0 Å². The minimum atomic E-state index is -0.411. The number of benzene rings is 1. The van der Waals surface area contributed by atoms with Crippen LogP contribution in [0.4, 0.5) is 0 Å². The Morgan fingerprint density at radius 1 is 1.42 bits per heavy atom. The van der Waals surface area contributed by atoms with E-state index in [1.54, 1.807) is 6.08 Å². The normalized spacial score (nSPS) is 15.2. The van der Waals surface area contributed by atoms with Crippen molar-refractivity contribution in [3.63, 3.8) is 0 Å². The van der Waals surface area contributed by atoms with E-state index in [-0.39, 0.29) is 0 Å². The van der Waals surface area contributed by atoms with Crippen LogP contribution < -0.4 is 5.73 Å². The largest absolute Gasteiger partial charge is 0.318 e. The van der Waals surface area contributed by atoms with Gasteiger partial charge >= 0.3 is 0 Å². The Hall–Kier alpha value is -1.08. The van der Waals surface area contributed by atoms with E-state index in [4.69, 9.17) is 5.73 Å². The molecule has 1 aromatic carbocycles. The van der Waals surface area contributed by atoms with E-state index in [0.29, 0.717) is 0 Å². The van der Waals surface area contributed by atoms with Gasteiger partial charge in [0.05, 0.1) is 5.54 Å². The fourth-order valence-corrected chi connectivity index (χ4v) is 1.29. The van der Waals surface area contributed by atoms with Crippen molar-refractivity contribution in [2.75, 3.05) is 0 Å². The third-order valence-corrected chi connectivity index (χ3v) is 2.15. The van der Waals surface area contributed by atoms with Gasteiger partial charge in [-0.15, -0.1) is 6.58 Å². The molecule has 0 unspecified atom stereocenters. The maximum absolute atomic E-state index is 6.02. The van der Waals surface area contributed by atoms with Gasteiger partial charge in [-0.2, -0.15) is 0 Å². The van der Waals surface area contributed by atoms with E-state index in [9.17, 15) is 0 Å². The lowest BCUT2D eigenvalue weighted by Crippen LogP contribution is -2.30. The van der Waals surface area contributed by atoms with Gasteiger partial charge in [-0.3, -0.25) is 0 Å². The highest BCUT2D eigenvalue weighted by Gasteiger charge is 2.17. The summed E-state index contributed by atoms with van der Waals surface area (Å²) in [5.41, 5.74) is 7.96. The van der Waals surface area contributed by atoms with Crippen LogP contribution in [0.2, 0.25) is 0 Å². The molecule has 0 amide bonds. The first kappa shape index (κ1) is 9.01. The molecule has 0 spiro atoms. The topological polar surface area (TPSA) is 26.0 Å². The van der Waals surface area contributed by atoms with Crippen molar-refractivity contribution < 1.29 is 0 Å². The van der Waals surface area contributed by atoms with Crippen LogP contribution in [-0.2, 0) is 5.54 Å². The molecule has 0 radical (unpaired) electrons. The molecule has 1 heteroatoms. The smallest absolute Gasteiger partial charge is 0.0566 e. The van der Waals surface area contributed by atoms with E-state index in [0.717, 1.165) is 5.56 Å². The summed E-state index contributed by atoms with van der Waals surface area (Å²) in [6.45, 7) is 7.74. The summed E-state index contributed by atoms with van der Waals surface area (Å²) in [6, 6.07) is 8.11. The molecule has 0 heterocycles. The Bertz CT molecular complexity index is 287. The van der Waals surface area contributed by atoms with E-state index < -0.39 is 5.54 Å². The van der Waals surface area contributed by atoms with Crippen LogP contribution in [-0.4, -0.2) is 0 Å². The molecular formula is C11H15N. The van der Waals surface area contributed by atoms with Crippen molar-refractivity contribution in [2.24, 2.45) is 5.73 Å². The Morgan fingerprint density at radius 2 is 2.00 bits per heavy atom. The van der Waals surface area contributed by atoms with Crippen LogP contribution in [0.5, 0.6) is 0 Å². The Morgan fingerprint density at radius 3 is 2.50 bits per heavy atom. The zero-order valence-electron chi connectivity index (χ0n) is 7.67. The second kappa shape index (κ2) is 3.11. The summed E-state index contributed by atoms with van der Waals surface area (Å²) in [5, 5.41) is 0. The summed E-state index contributed by atoms with van der Waals surface area (Å²) in [4.78, 5) is 0. The molecule has 0 bridgehead atoms. The molecule has 0 aromatic heterocycles. The van der Waals surface area contributed by atoms with Crippen LogP contribution in [0.3, 0.4) is 0 Å². The molecule has 0 saturated carbocycles. The minimum Gasteiger partial charge on any atom is -0.318 e. The maximum Gasteiger partial charge on any atom is 0.0566 e. The van der Waals surface area contributed by atoms with E-state index >= 15 is 0 Å². The van der Waals surface area contributed by atoms with Crippen LogP contribution in [0.1, 0.15) is 18.1 Å². The molecule has 0 fully saturated rings. The molecule has 12 heavy (non-hydrogen) atoms. The molecule has 1 rings (SSSR count). The molecule has 0 aliphatic carbocycles. The minimum absolute atomic E-state index is 0.411. The van der Waals surface area contributed by atoms with Gasteiger partial charge in [0.25, 0.3) is 0 Å². The average molecular weight is 161 g/mol. The predicted molar refractivity (Wildman–Crippen MR) is 52.9 cm³/mol. The summed E-state index contributed by atoms with van der Waals surface area (Å²) in [6.07, 6.45) is 1.77. The first-order valence-corrected chi connectivity index (χ1v) is 4.06. The van der Waals surface area contributed by atoms with Gasteiger partial charge in [-0.1, -0.05) is 30.3 Å². The molecule has 64 valence electrons. The molecule has 0 aliphatic rings. The molecular weight excluding hydrogens is 146 g/mol. The summed E-state index contributed by atoms with van der Waals surface area (Å²) >= 11 is 0. The lowest BCUT2D eigenvalue weighted by Gasteiger charge is -2.22. The molecule has 0 aliphatic heterocycles. The van der Waals surface area contributed by atoms with Gasteiger partial charge in [0.15, 0.2) is 0 Å². The number of hydrogen-bond acceptors (Lipinski definition) is 1. The van der Waals surface area contributed by atoms with Crippen molar-refractivity contribution in [1.29, 1.82) is 0 Å². The van der Waals surface area contributed by atoms with Gasteiger partial charge in [0, 0.05) is 0 Å². The second-order valence-corrected chi connectivity index (χ2v) is 3.30. The highest BCUT2D eigenvalue weighted by atomic mass is 14.7. The van der Waals surface area contributed by atoms with Crippen LogP contribution in [0, 0.1) is 6.92 Å². The van der Waals surface area contributed by atoms with Crippen LogP contribution in [0.15, 0.2) is 36.9 Å². The van der Waals surface area contributed by atoms with Crippen molar-refractivity contribution in [3.8, 4) is 0 Å². The van der Waals surface area contributed by atoms with Crippen molar-refractivity contribution in [2.45, 2.75) is 19.4 Å². The zero-order chi connectivity index (χ0) is 9.19. The van der Waals surface area contributed by atoms with Crippen LogP contribution in [0.25, 0.3) is 0 Å². The van der Waals surface area contributed by atoms with Gasteiger partial charge in [-0.05, 0) is 25.0 Å². The number of nitrogens with two attached hydrogens (primary N) is 1. The first-order chi connectivity index (χ1) is 5.58. The summed E-state index contributed by atoms with van der Waals surface area (Å²) < 4.78 is 0. The fourth-order valence-electron chi connectivity index (χ4n) is 1.29. The zero-order valence-corrected chi connectivity index (χ0v) is 7.67. The second-order valence-electron chi connectivity index (χ2n) is 3.30. The third-order valence-electron chi connectivity index (χ3n) is 2.15. The van der Waals surface area contributed by atoms with Gasteiger partial charge in [-0.25, -0.2) is 0 Å². The highest BCUT2D eigenvalue weighted by Crippen LogP contribution is 2.21. The average Bonchev–Trinajstić information content (AvgIpc) is 2.05. The third kappa shape index (κ3) is 1.56. The van der Waals surface area contributed by atoms with Crippen molar-refractivity contribution >= 4 is 0 Å². The lowest BCUT2D eigenvalue weighted by atomic mass is 9.90. The Labute approximate surface area is 73.9 Å². The van der Waals surface area contributed by atoms with Gasteiger partial charge in [0.2, 0.25) is 0 Å². The quantitative estimate of drug-likeness (QED) is 0.662. The molecule has 1 nitrogen and oxygen atoms in total. The highest BCUT2D eigenvalue weighted by molar-refractivity contribution is 5.34. The standard InChI is InChI=1S/C11H15N/c1-4-11(3,12)10-8-6-5-7-9(10)2/h4-8H,1,12H2,2-3H3/t11-/m1/s1. The summed E-state index contributed by atoms with van der Waals surface area (Å²) in [7, 11) is 0. The number of rotatable bonds is 2. The molecule has 0 saturated heterocycles. The number of hydrogen-bond donors (Lipinski definition) is 1. The van der Waals surface area contributed by atoms with Crippen LogP contribution >= 0.6 is 0 Å². The van der Waals surface area contributed by atoms with E-state index in [1.165, 1.54) is 5.56 Å². The lowest BCUT2D eigenvalue weighted by molar-refractivity contribution is 0.627. The Kier molecular flexibility index (Phi) is 2.34. The summed E-state index contributed by atoms with van der Waals surface area (Å²) in [5.74, 6) is 0.